The van der Waals surface area contributed by atoms with Crippen molar-refractivity contribution in [1.29, 1.82) is 0 Å². The Labute approximate surface area is 272 Å². The normalized spacial score (nSPS) is 14.8. The third kappa shape index (κ3) is 30.2. The summed E-state index contributed by atoms with van der Waals surface area (Å²) in [4.78, 5) is 25.0. The molecule has 9 heteroatoms. The van der Waals surface area contributed by atoms with Gasteiger partial charge >= 0.3 is 0 Å². The van der Waals surface area contributed by atoms with Crippen molar-refractivity contribution in [2.45, 2.75) is 180 Å². The summed E-state index contributed by atoms with van der Waals surface area (Å²) in [5.74, 6) is -0.172. The van der Waals surface area contributed by atoms with Gasteiger partial charge in [-0.25, -0.2) is 0 Å². The van der Waals surface area contributed by atoms with E-state index in [0.29, 0.717) is 23.9 Å². The monoisotopic (exact) mass is 649 g/mol. The second-order valence-corrected chi connectivity index (χ2v) is 15.4. The zero-order valence-corrected chi connectivity index (χ0v) is 30.5. The standard InChI is InChI=1S/C35H73N2O6P/c1-6-8-10-12-14-15-16-17-18-19-20-21-23-24-26-28-34(38)33(32-43-44(40,41)42-31-30-37(3,4)5)36-35(39)29-27-25-22-13-11-9-7-2/h33-34,38H,6-32H2,1-5H3,(H-,36,39,40,41)/t33-,34+/m1/s1. The molecule has 8 nitrogen and oxygen atoms in total. The Morgan fingerprint density at radius 3 is 1.55 bits per heavy atom. The summed E-state index contributed by atoms with van der Waals surface area (Å²) >= 11 is 0. The van der Waals surface area contributed by atoms with Gasteiger partial charge in [0.05, 0.1) is 39.9 Å². The SMILES string of the molecule is CCCCCCCCCCCCCCCCC[C@H](O)[C@@H](COP(=O)([O-])OCC[N+](C)(C)C)NC(=O)CCCCCCCCC. The minimum atomic E-state index is -4.54. The molecule has 0 bridgehead atoms. The minimum Gasteiger partial charge on any atom is -0.756 e. The fourth-order valence-electron chi connectivity index (χ4n) is 5.33. The molecule has 0 aromatic heterocycles. The van der Waals surface area contributed by atoms with E-state index in [4.69, 9.17) is 9.05 Å². The molecule has 0 spiro atoms. The zero-order valence-electron chi connectivity index (χ0n) is 29.6. The molecule has 0 aromatic rings. The first kappa shape index (κ1) is 43.5. The summed E-state index contributed by atoms with van der Waals surface area (Å²) in [6.07, 6.45) is 26.8. The number of aliphatic hydroxyl groups excluding tert-OH is 1. The Kier molecular flexibility index (Phi) is 28.4. The van der Waals surface area contributed by atoms with Crippen molar-refractivity contribution < 1.29 is 32.9 Å². The number of quaternary nitrogens is 1. The maximum absolute atomic E-state index is 12.7. The van der Waals surface area contributed by atoms with Gasteiger partial charge in [0.15, 0.2) is 0 Å². The van der Waals surface area contributed by atoms with E-state index in [1.54, 1.807) is 0 Å². The second-order valence-electron chi connectivity index (χ2n) is 13.9. The molecule has 1 amide bonds. The Balaban J connectivity index is 4.39. The molecular formula is C35H73N2O6P. The van der Waals surface area contributed by atoms with Gasteiger partial charge in [-0.1, -0.05) is 149 Å². The van der Waals surface area contributed by atoms with Crippen molar-refractivity contribution >= 4 is 13.7 Å². The van der Waals surface area contributed by atoms with Crippen LogP contribution in [-0.4, -0.2) is 68.5 Å². The van der Waals surface area contributed by atoms with E-state index < -0.39 is 20.0 Å². The number of rotatable bonds is 33. The predicted molar refractivity (Wildman–Crippen MR) is 183 cm³/mol. The van der Waals surface area contributed by atoms with Crippen LogP contribution >= 0.6 is 7.82 Å². The number of unbranched alkanes of at least 4 members (excludes halogenated alkanes) is 20. The maximum Gasteiger partial charge on any atom is 0.268 e. The van der Waals surface area contributed by atoms with Crippen LogP contribution in [0, 0.1) is 0 Å². The first-order valence-corrected chi connectivity index (χ1v) is 19.8. The number of hydrogen-bond acceptors (Lipinski definition) is 6. The minimum absolute atomic E-state index is 0.0151. The second kappa shape index (κ2) is 28.7. The van der Waals surface area contributed by atoms with E-state index in [-0.39, 0.29) is 19.1 Å². The number of nitrogens with one attached hydrogen (secondary N) is 1. The lowest BCUT2D eigenvalue weighted by atomic mass is 10.0. The molecular weight excluding hydrogens is 575 g/mol. The van der Waals surface area contributed by atoms with Crippen LogP contribution in [0.4, 0.5) is 0 Å². The van der Waals surface area contributed by atoms with Gasteiger partial charge in [0, 0.05) is 6.42 Å². The van der Waals surface area contributed by atoms with Crippen molar-refractivity contribution in [3.05, 3.63) is 0 Å². The first-order valence-electron chi connectivity index (χ1n) is 18.4. The summed E-state index contributed by atoms with van der Waals surface area (Å²) in [6.45, 7) is 4.66. The Morgan fingerprint density at radius 1 is 0.705 bits per heavy atom. The number of phosphoric ester groups is 1. The number of nitrogens with zero attached hydrogens (tertiary/aromatic N) is 1. The van der Waals surface area contributed by atoms with Crippen molar-refractivity contribution in [3.63, 3.8) is 0 Å². The molecule has 0 radical (unpaired) electrons. The van der Waals surface area contributed by atoms with E-state index in [1.807, 2.05) is 21.1 Å². The molecule has 0 fully saturated rings. The Hall–Kier alpha value is -0.500. The largest absolute Gasteiger partial charge is 0.756 e. The van der Waals surface area contributed by atoms with Gasteiger partial charge in [-0.15, -0.1) is 0 Å². The Morgan fingerprint density at radius 2 is 1.11 bits per heavy atom. The fraction of sp³-hybridized carbons (Fsp3) is 0.971. The first-order chi connectivity index (χ1) is 21.0. The van der Waals surface area contributed by atoms with Crippen LogP contribution in [0.2, 0.25) is 0 Å². The van der Waals surface area contributed by atoms with Crippen molar-refractivity contribution in [3.8, 4) is 0 Å². The Bertz CT molecular complexity index is 703. The summed E-state index contributed by atoms with van der Waals surface area (Å²) < 4.78 is 23.1. The van der Waals surface area contributed by atoms with Gasteiger partial charge in [-0.3, -0.25) is 9.36 Å². The predicted octanol–water partition coefficient (Wildman–Crippen LogP) is 8.44. The van der Waals surface area contributed by atoms with E-state index in [0.717, 1.165) is 38.5 Å². The third-order valence-electron chi connectivity index (χ3n) is 8.35. The molecule has 0 saturated carbocycles. The van der Waals surface area contributed by atoms with E-state index in [2.05, 4.69) is 19.2 Å². The van der Waals surface area contributed by atoms with Gasteiger partial charge in [0.1, 0.15) is 13.2 Å². The highest BCUT2D eigenvalue weighted by Gasteiger charge is 2.24. The molecule has 2 N–H and O–H groups in total. The molecule has 264 valence electrons. The van der Waals surface area contributed by atoms with Crippen molar-refractivity contribution in [1.82, 2.24) is 5.32 Å². The van der Waals surface area contributed by atoms with Crippen molar-refractivity contribution in [2.75, 3.05) is 40.9 Å². The lowest BCUT2D eigenvalue weighted by Crippen LogP contribution is -2.46. The maximum atomic E-state index is 12.7. The molecule has 0 heterocycles. The van der Waals surface area contributed by atoms with Gasteiger partial charge in [0.25, 0.3) is 7.82 Å². The van der Waals surface area contributed by atoms with Crippen LogP contribution in [0.1, 0.15) is 168 Å². The smallest absolute Gasteiger partial charge is 0.268 e. The number of hydrogen-bond donors (Lipinski definition) is 2. The van der Waals surface area contributed by atoms with Crippen molar-refractivity contribution in [2.24, 2.45) is 0 Å². The quantitative estimate of drug-likeness (QED) is 0.0420. The van der Waals surface area contributed by atoms with Gasteiger partial charge in [-0.05, 0) is 12.8 Å². The number of phosphoric acid groups is 1. The number of carbonyl (C=O) groups excluding carboxylic acids is 1. The molecule has 1 unspecified atom stereocenters. The lowest BCUT2D eigenvalue weighted by molar-refractivity contribution is -0.870. The summed E-state index contributed by atoms with van der Waals surface area (Å²) in [7, 11) is 1.31. The van der Waals surface area contributed by atoms with E-state index >= 15 is 0 Å². The van der Waals surface area contributed by atoms with Crippen LogP contribution < -0.4 is 10.2 Å². The lowest BCUT2D eigenvalue weighted by Gasteiger charge is -2.30. The molecule has 3 atom stereocenters. The zero-order chi connectivity index (χ0) is 32.9. The molecule has 0 rings (SSSR count). The van der Waals surface area contributed by atoms with Gasteiger partial charge in [-0.2, -0.15) is 0 Å². The van der Waals surface area contributed by atoms with Crippen LogP contribution in [0.5, 0.6) is 0 Å². The molecule has 0 saturated heterocycles. The molecule has 44 heavy (non-hydrogen) atoms. The molecule has 0 aliphatic heterocycles. The third-order valence-corrected chi connectivity index (χ3v) is 9.31. The summed E-state index contributed by atoms with van der Waals surface area (Å²) in [6, 6.07) is -0.789. The van der Waals surface area contributed by atoms with Gasteiger partial charge in [0.2, 0.25) is 5.91 Å². The fourth-order valence-corrected chi connectivity index (χ4v) is 6.05. The molecule has 0 aromatic carbocycles. The molecule has 0 aliphatic rings. The number of likely N-dealkylation sites (N-methyl/N-ethyl adjacent to an activating group) is 1. The number of aliphatic hydroxyl groups is 1. The van der Waals surface area contributed by atoms with Crippen LogP contribution in [0.15, 0.2) is 0 Å². The highest BCUT2D eigenvalue weighted by Crippen LogP contribution is 2.38. The summed E-state index contributed by atoms with van der Waals surface area (Å²) in [5.41, 5.74) is 0. The highest BCUT2D eigenvalue weighted by molar-refractivity contribution is 7.45. The molecule has 0 aliphatic carbocycles. The van der Waals surface area contributed by atoms with E-state index in [9.17, 15) is 19.4 Å². The van der Waals surface area contributed by atoms with Crippen LogP contribution in [0.25, 0.3) is 0 Å². The van der Waals surface area contributed by atoms with Crippen LogP contribution in [-0.2, 0) is 18.4 Å². The van der Waals surface area contributed by atoms with Crippen LogP contribution in [0.3, 0.4) is 0 Å². The highest BCUT2D eigenvalue weighted by atomic mass is 31.2. The average Bonchev–Trinajstić information content (AvgIpc) is 2.95. The topological polar surface area (TPSA) is 108 Å². The number of carbonyl (C=O) groups is 1. The van der Waals surface area contributed by atoms with Gasteiger partial charge < -0.3 is 28.8 Å². The number of amides is 1. The van der Waals surface area contributed by atoms with E-state index in [1.165, 1.54) is 103 Å². The average molecular weight is 649 g/mol. The summed E-state index contributed by atoms with van der Waals surface area (Å²) in [5, 5.41) is 13.8.